The van der Waals surface area contributed by atoms with E-state index in [1.165, 1.54) is 0 Å². The molecule has 0 saturated heterocycles. The van der Waals surface area contributed by atoms with Gasteiger partial charge in [-0.2, -0.15) is 0 Å². The summed E-state index contributed by atoms with van der Waals surface area (Å²) in [5, 5.41) is 0. The van der Waals surface area contributed by atoms with Crippen LogP contribution in [0.5, 0.6) is 0 Å². The maximum atomic E-state index is 12.5. The Kier molecular flexibility index (Phi) is 10.9. The minimum Gasteiger partial charge on any atom is -0.465 e. The quantitative estimate of drug-likeness (QED) is 0.323. The van der Waals surface area contributed by atoms with Gasteiger partial charge >= 0.3 is 11.9 Å². The van der Waals surface area contributed by atoms with Crippen LogP contribution in [0.1, 0.15) is 107 Å². The molecule has 2 atom stereocenters. The Morgan fingerprint density at radius 1 is 0.733 bits per heavy atom. The minimum atomic E-state index is -0.0871. The summed E-state index contributed by atoms with van der Waals surface area (Å²) < 4.78 is 11.3. The number of carbonyl (C=O) groups excluding carboxylic acids is 2. The Hall–Kier alpha value is -1.06. The molecule has 4 heteroatoms. The van der Waals surface area contributed by atoms with Gasteiger partial charge in [-0.05, 0) is 61.2 Å². The van der Waals surface area contributed by atoms with Gasteiger partial charge in [-0.3, -0.25) is 9.59 Å². The maximum absolute atomic E-state index is 12.5. The minimum absolute atomic E-state index is 0.0713. The lowest BCUT2D eigenvalue weighted by atomic mass is 9.77. The highest BCUT2D eigenvalue weighted by atomic mass is 16.5. The van der Waals surface area contributed by atoms with Crippen LogP contribution in [0.25, 0.3) is 0 Å². The van der Waals surface area contributed by atoms with E-state index in [1.807, 2.05) is 0 Å². The molecule has 176 valence electrons. The largest absolute Gasteiger partial charge is 0.465 e. The van der Waals surface area contributed by atoms with Gasteiger partial charge in [0.25, 0.3) is 0 Å². The summed E-state index contributed by atoms with van der Waals surface area (Å²) in [7, 11) is 0. The molecule has 1 fully saturated rings. The number of hydrogen-bond donors (Lipinski definition) is 0. The molecule has 0 heterocycles. The van der Waals surface area contributed by atoms with E-state index in [1.54, 1.807) is 0 Å². The summed E-state index contributed by atoms with van der Waals surface area (Å²) in [6, 6.07) is 0. The predicted octanol–water partition coefficient (Wildman–Crippen LogP) is 6.80. The lowest BCUT2D eigenvalue weighted by Gasteiger charge is -2.33. The van der Waals surface area contributed by atoms with Crippen molar-refractivity contribution in [2.24, 2.45) is 34.5 Å². The van der Waals surface area contributed by atoms with Crippen molar-refractivity contribution >= 4 is 11.9 Å². The number of esters is 2. The summed E-state index contributed by atoms with van der Waals surface area (Å²) in [6.07, 6.45) is 7.44. The van der Waals surface area contributed by atoms with Gasteiger partial charge in [-0.15, -0.1) is 0 Å². The fraction of sp³-hybridized carbons (Fsp3) is 0.923. The molecule has 1 aliphatic rings. The molecule has 0 aliphatic heterocycles. The van der Waals surface area contributed by atoms with E-state index in [9.17, 15) is 9.59 Å². The molecule has 2 unspecified atom stereocenters. The molecule has 0 N–H and O–H groups in total. The molecule has 0 aromatic rings. The fourth-order valence-corrected chi connectivity index (χ4v) is 4.45. The van der Waals surface area contributed by atoms with Crippen LogP contribution in [0.2, 0.25) is 0 Å². The smallest absolute Gasteiger partial charge is 0.308 e. The SMILES string of the molecule is CCCC(C)(C)C(C)COC(=O)C1CCC(C(=O)OCC(C)C(C)(C)CCC)CC1. The molecule has 1 rings (SSSR count). The van der Waals surface area contributed by atoms with Crippen molar-refractivity contribution < 1.29 is 19.1 Å². The van der Waals surface area contributed by atoms with Gasteiger partial charge in [0.2, 0.25) is 0 Å². The number of ether oxygens (including phenoxy) is 2. The summed E-state index contributed by atoms with van der Waals surface area (Å²) in [5.74, 6) is 0.362. The van der Waals surface area contributed by atoms with E-state index in [2.05, 4.69) is 55.4 Å². The third-order valence-electron chi connectivity index (χ3n) is 7.80. The zero-order chi connectivity index (χ0) is 22.9. The van der Waals surface area contributed by atoms with Crippen LogP contribution in [0, 0.1) is 34.5 Å². The third-order valence-corrected chi connectivity index (χ3v) is 7.80. The predicted molar refractivity (Wildman–Crippen MR) is 123 cm³/mol. The molecule has 30 heavy (non-hydrogen) atoms. The lowest BCUT2D eigenvalue weighted by molar-refractivity contribution is -0.157. The third kappa shape index (κ3) is 8.23. The number of rotatable bonds is 12. The topological polar surface area (TPSA) is 52.6 Å². The second-order valence-electron chi connectivity index (χ2n) is 11.1. The van der Waals surface area contributed by atoms with Gasteiger partial charge in [0.1, 0.15) is 0 Å². The van der Waals surface area contributed by atoms with E-state index in [-0.39, 0.29) is 34.6 Å². The van der Waals surface area contributed by atoms with E-state index >= 15 is 0 Å². The first-order valence-corrected chi connectivity index (χ1v) is 12.3. The number of hydrogen-bond acceptors (Lipinski definition) is 4. The average molecular weight is 425 g/mol. The van der Waals surface area contributed by atoms with Crippen LogP contribution in [-0.4, -0.2) is 25.2 Å². The van der Waals surface area contributed by atoms with E-state index < -0.39 is 0 Å². The van der Waals surface area contributed by atoms with Crippen molar-refractivity contribution in [2.45, 2.75) is 107 Å². The van der Waals surface area contributed by atoms with Crippen molar-refractivity contribution in [3.05, 3.63) is 0 Å². The van der Waals surface area contributed by atoms with Crippen LogP contribution in [0.4, 0.5) is 0 Å². The van der Waals surface area contributed by atoms with Gasteiger partial charge in [-0.1, -0.05) is 68.2 Å². The standard InChI is InChI=1S/C26H48O4/c1-9-15-25(5,6)19(3)17-29-23(27)21-11-13-22(14-12-21)24(28)30-18-20(4)26(7,8)16-10-2/h19-22H,9-18H2,1-8H3. The average Bonchev–Trinajstić information content (AvgIpc) is 2.69. The molecular weight excluding hydrogens is 376 g/mol. The highest BCUT2D eigenvalue weighted by molar-refractivity contribution is 5.75. The molecule has 1 saturated carbocycles. The zero-order valence-electron chi connectivity index (χ0n) is 21.0. The monoisotopic (exact) mass is 424 g/mol. The Labute approximate surface area is 185 Å². The summed E-state index contributed by atoms with van der Waals surface area (Å²) in [5.41, 5.74) is 0.360. The molecule has 1 aliphatic carbocycles. The first-order chi connectivity index (χ1) is 13.9. The molecule has 0 amide bonds. The van der Waals surface area contributed by atoms with Crippen LogP contribution < -0.4 is 0 Å². The van der Waals surface area contributed by atoms with Crippen LogP contribution in [0.15, 0.2) is 0 Å². The van der Waals surface area contributed by atoms with Gasteiger partial charge in [0.15, 0.2) is 0 Å². The van der Waals surface area contributed by atoms with Crippen molar-refractivity contribution in [1.82, 2.24) is 0 Å². The second-order valence-corrected chi connectivity index (χ2v) is 11.1. The maximum Gasteiger partial charge on any atom is 0.308 e. The van der Waals surface area contributed by atoms with Gasteiger partial charge in [-0.25, -0.2) is 0 Å². The Morgan fingerprint density at radius 2 is 1.03 bits per heavy atom. The molecule has 0 bridgehead atoms. The Bertz CT molecular complexity index is 481. The van der Waals surface area contributed by atoms with Gasteiger partial charge in [0, 0.05) is 0 Å². The molecular formula is C26H48O4. The fourth-order valence-electron chi connectivity index (χ4n) is 4.45. The summed E-state index contributed by atoms with van der Waals surface area (Å²) in [6.45, 7) is 18.7. The first-order valence-electron chi connectivity index (χ1n) is 12.3. The Balaban J connectivity index is 2.38. The van der Waals surface area contributed by atoms with Crippen molar-refractivity contribution in [3.8, 4) is 0 Å². The molecule has 0 spiro atoms. The first kappa shape index (κ1) is 27.0. The molecule has 4 nitrogen and oxygen atoms in total. The normalized spacial score (nSPS) is 22.3. The van der Waals surface area contributed by atoms with Gasteiger partial charge < -0.3 is 9.47 Å². The summed E-state index contributed by atoms with van der Waals surface area (Å²) >= 11 is 0. The van der Waals surface area contributed by atoms with E-state index in [0.29, 0.717) is 25.0 Å². The molecule has 0 aromatic carbocycles. The second kappa shape index (κ2) is 12.1. The van der Waals surface area contributed by atoms with Crippen molar-refractivity contribution in [1.29, 1.82) is 0 Å². The Morgan fingerprint density at radius 3 is 1.30 bits per heavy atom. The van der Waals surface area contributed by atoms with Crippen LogP contribution >= 0.6 is 0 Å². The lowest BCUT2D eigenvalue weighted by Crippen LogP contribution is -2.32. The summed E-state index contributed by atoms with van der Waals surface area (Å²) in [4.78, 5) is 25.0. The number of carbonyl (C=O) groups is 2. The van der Waals surface area contributed by atoms with Crippen molar-refractivity contribution in [3.63, 3.8) is 0 Å². The van der Waals surface area contributed by atoms with E-state index in [4.69, 9.17) is 9.47 Å². The highest BCUT2D eigenvalue weighted by Crippen LogP contribution is 2.35. The highest BCUT2D eigenvalue weighted by Gasteiger charge is 2.34. The molecule has 0 aromatic heterocycles. The van der Waals surface area contributed by atoms with E-state index in [0.717, 1.165) is 51.4 Å². The van der Waals surface area contributed by atoms with Gasteiger partial charge in [0.05, 0.1) is 25.0 Å². The zero-order valence-corrected chi connectivity index (χ0v) is 21.0. The van der Waals surface area contributed by atoms with Crippen molar-refractivity contribution in [2.75, 3.05) is 13.2 Å². The van der Waals surface area contributed by atoms with Crippen LogP contribution in [0.3, 0.4) is 0 Å². The van der Waals surface area contributed by atoms with Crippen LogP contribution in [-0.2, 0) is 19.1 Å². The molecule has 0 radical (unpaired) electrons.